The highest BCUT2D eigenvalue weighted by atomic mass is 16.5. The minimum atomic E-state index is 0.997. The molecule has 94 valence electrons. The Bertz CT molecular complexity index is 323. The Kier molecular flexibility index (Phi) is 10.0. The van der Waals surface area contributed by atoms with Gasteiger partial charge < -0.3 is 4.74 Å². The Labute approximate surface area is 106 Å². The van der Waals surface area contributed by atoms with Crippen LogP contribution in [0.4, 0.5) is 0 Å². The average Bonchev–Trinajstić information content (AvgIpc) is 2.43. The second-order valence-corrected chi connectivity index (χ2v) is 3.45. The first-order chi connectivity index (χ1) is 8.33. The van der Waals surface area contributed by atoms with Crippen molar-refractivity contribution in [2.24, 2.45) is 0 Å². The van der Waals surface area contributed by atoms with Crippen LogP contribution in [0.3, 0.4) is 0 Å². The predicted molar refractivity (Wildman–Crippen MR) is 76.0 cm³/mol. The van der Waals surface area contributed by atoms with Gasteiger partial charge in [0.1, 0.15) is 5.76 Å². The molecule has 0 heterocycles. The minimum absolute atomic E-state index is 0.997. The van der Waals surface area contributed by atoms with Crippen LogP contribution in [0, 0.1) is 6.92 Å². The third kappa shape index (κ3) is 8.32. The van der Waals surface area contributed by atoms with Crippen LogP contribution in [0.1, 0.15) is 32.3 Å². The third-order valence-corrected chi connectivity index (χ3v) is 2.14. The first-order valence-corrected chi connectivity index (χ1v) is 6.25. The van der Waals surface area contributed by atoms with E-state index in [-0.39, 0.29) is 0 Å². The van der Waals surface area contributed by atoms with E-state index in [4.69, 9.17) is 4.74 Å². The van der Waals surface area contributed by atoms with Crippen molar-refractivity contribution in [1.82, 2.24) is 0 Å². The summed E-state index contributed by atoms with van der Waals surface area (Å²) in [7, 11) is 1.70. The molecule has 0 fully saturated rings. The van der Waals surface area contributed by atoms with Crippen molar-refractivity contribution in [1.29, 1.82) is 0 Å². The van der Waals surface area contributed by atoms with Crippen LogP contribution in [0.15, 0.2) is 54.3 Å². The first kappa shape index (κ1) is 15.5. The maximum absolute atomic E-state index is 4.97. The Morgan fingerprint density at radius 2 is 1.65 bits per heavy atom. The normalized spacial score (nSPS) is 12.4. The van der Waals surface area contributed by atoms with Crippen molar-refractivity contribution in [3.63, 3.8) is 0 Å². The zero-order valence-electron chi connectivity index (χ0n) is 11.4. The minimum Gasteiger partial charge on any atom is -0.497 e. The third-order valence-electron chi connectivity index (χ3n) is 2.14. The summed E-state index contributed by atoms with van der Waals surface area (Å²) in [6, 6.07) is 10.3. The zero-order chi connectivity index (χ0) is 12.9. The van der Waals surface area contributed by atoms with Gasteiger partial charge in [0.05, 0.1) is 7.11 Å². The van der Waals surface area contributed by atoms with Gasteiger partial charge >= 0.3 is 0 Å². The molecule has 0 radical (unpaired) electrons. The first-order valence-electron chi connectivity index (χ1n) is 6.25. The van der Waals surface area contributed by atoms with E-state index in [1.54, 1.807) is 7.11 Å². The van der Waals surface area contributed by atoms with Crippen molar-refractivity contribution in [3.8, 4) is 0 Å². The van der Waals surface area contributed by atoms with Gasteiger partial charge in [0.25, 0.3) is 0 Å². The number of hydrogen-bond donors (Lipinski definition) is 0. The molecule has 0 atom stereocenters. The van der Waals surface area contributed by atoms with Crippen LogP contribution in [-0.2, 0) is 4.74 Å². The topological polar surface area (TPSA) is 9.23 Å². The fourth-order valence-electron chi connectivity index (χ4n) is 1.28. The quantitative estimate of drug-likeness (QED) is 0.670. The lowest BCUT2D eigenvalue weighted by Crippen LogP contribution is -1.85. The number of hydrogen-bond acceptors (Lipinski definition) is 1. The second-order valence-electron chi connectivity index (χ2n) is 3.45. The van der Waals surface area contributed by atoms with Gasteiger partial charge in [0, 0.05) is 0 Å². The highest BCUT2D eigenvalue weighted by Gasteiger charge is 1.92. The van der Waals surface area contributed by atoms with Gasteiger partial charge in [-0.15, -0.1) is 0 Å². The Morgan fingerprint density at radius 1 is 1.00 bits per heavy atom. The molecule has 0 aliphatic heterocycles. The number of aryl methyl sites for hydroxylation is 1. The summed E-state index contributed by atoms with van der Waals surface area (Å²) >= 11 is 0. The van der Waals surface area contributed by atoms with E-state index in [1.165, 1.54) is 5.56 Å². The predicted octanol–water partition coefficient (Wildman–Crippen LogP) is 4.89. The molecule has 0 aromatic heterocycles. The van der Waals surface area contributed by atoms with Gasteiger partial charge in [-0.3, -0.25) is 0 Å². The SMILES string of the molecule is CC.COC1=CCCC=C1.Cc1ccccc1. The van der Waals surface area contributed by atoms with Crippen LogP contribution in [-0.4, -0.2) is 7.11 Å². The van der Waals surface area contributed by atoms with Crippen molar-refractivity contribution in [3.05, 3.63) is 59.9 Å². The molecule has 1 aromatic rings. The summed E-state index contributed by atoms with van der Waals surface area (Å²) in [5, 5.41) is 0. The van der Waals surface area contributed by atoms with Gasteiger partial charge in [-0.25, -0.2) is 0 Å². The Morgan fingerprint density at radius 3 is 1.94 bits per heavy atom. The van der Waals surface area contributed by atoms with Crippen molar-refractivity contribution >= 4 is 0 Å². The van der Waals surface area contributed by atoms with Gasteiger partial charge in [-0.2, -0.15) is 0 Å². The molecule has 0 spiro atoms. The fourth-order valence-corrected chi connectivity index (χ4v) is 1.28. The largest absolute Gasteiger partial charge is 0.497 e. The Balaban J connectivity index is 0.000000265. The lowest BCUT2D eigenvalue weighted by Gasteiger charge is -2.02. The molecule has 0 saturated heterocycles. The number of rotatable bonds is 1. The van der Waals surface area contributed by atoms with Crippen molar-refractivity contribution < 1.29 is 4.74 Å². The molecule has 0 saturated carbocycles. The smallest absolute Gasteiger partial charge is 0.114 e. The van der Waals surface area contributed by atoms with E-state index in [1.807, 2.05) is 38.1 Å². The summed E-state index contributed by atoms with van der Waals surface area (Å²) in [5.41, 5.74) is 1.32. The van der Waals surface area contributed by atoms with Crippen LogP contribution >= 0.6 is 0 Å². The van der Waals surface area contributed by atoms with E-state index in [0.29, 0.717) is 0 Å². The number of methoxy groups -OCH3 is 1. The maximum atomic E-state index is 4.97. The van der Waals surface area contributed by atoms with Gasteiger partial charge in [0.15, 0.2) is 0 Å². The number of allylic oxidation sites excluding steroid dienone is 3. The summed E-state index contributed by atoms with van der Waals surface area (Å²) in [5.74, 6) is 0.997. The monoisotopic (exact) mass is 232 g/mol. The molecule has 0 bridgehead atoms. The molecule has 1 aliphatic rings. The molecule has 1 heteroatoms. The molecule has 0 amide bonds. The lowest BCUT2D eigenvalue weighted by atomic mass is 10.2. The maximum Gasteiger partial charge on any atom is 0.114 e. The van der Waals surface area contributed by atoms with Crippen molar-refractivity contribution in [2.45, 2.75) is 33.6 Å². The van der Waals surface area contributed by atoms with E-state index < -0.39 is 0 Å². The van der Waals surface area contributed by atoms with Crippen LogP contribution < -0.4 is 0 Å². The van der Waals surface area contributed by atoms with E-state index in [2.05, 4.69) is 31.2 Å². The van der Waals surface area contributed by atoms with Crippen LogP contribution in [0.25, 0.3) is 0 Å². The molecule has 0 N–H and O–H groups in total. The second kappa shape index (κ2) is 11.0. The summed E-state index contributed by atoms with van der Waals surface area (Å²) in [6.45, 7) is 6.08. The van der Waals surface area contributed by atoms with Gasteiger partial charge in [-0.05, 0) is 31.9 Å². The molecular weight excluding hydrogens is 208 g/mol. The summed E-state index contributed by atoms with van der Waals surface area (Å²) in [6.07, 6.45) is 8.51. The van der Waals surface area contributed by atoms with Gasteiger partial charge in [0.2, 0.25) is 0 Å². The molecule has 1 aliphatic carbocycles. The standard InChI is InChI=1S/C7H10O.C7H8.C2H6/c1-8-7-5-3-2-4-6-7;1-7-5-3-2-4-6-7;1-2/h3,5-6H,2,4H2,1H3;2-6H,1H3;1-2H3. The summed E-state index contributed by atoms with van der Waals surface area (Å²) < 4.78 is 4.97. The Hall–Kier alpha value is -1.50. The molecular formula is C16H24O. The highest BCUT2D eigenvalue weighted by Crippen LogP contribution is 2.08. The van der Waals surface area contributed by atoms with E-state index in [0.717, 1.165) is 18.6 Å². The molecule has 1 aromatic carbocycles. The van der Waals surface area contributed by atoms with E-state index in [9.17, 15) is 0 Å². The highest BCUT2D eigenvalue weighted by molar-refractivity contribution is 5.15. The summed E-state index contributed by atoms with van der Waals surface area (Å²) in [4.78, 5) is 0. The molecule has 0 unspecified atom stereocenters. The molecule has 17 heavy (non-hydrogen) atoms. The molecule has 1 nitrogen and oxygen atoms in total. The lowest BCUT2D eigenvalue weighted by molar-refractivity contribution is 0.303. The van der Waals surface area contributed by atoms with Crippen LogP contribution in [0.2, 0.25) is 0 Å². The zero-order valence-corrected chi connectivity index (χ0v) is 11.4. The number of benzene rings is 1. The number of ether oxygens (including phenoxy) is 1. The van der Waals surface area contributed by atoms with Gasteiger partial charge in [-0.1, -0.05) is 55.8 Å². The average molecular weight is 232 g/mol. The van der Waals surface area contributed by atoms with Crippen LogP contribution in [0.5, 0.6) is 0 Å². The fraction of sp³-hybridized carbons (Fsp3) is 0.375. The molecule has 2 rings (SSSR count). The van der Waals surface area contributed by atoms with E-state index >= 15 is 0 Å². The van der Waals surface area contributed by atoms with Crippen molar-refractivity contribution in [2.75, 3.05) is 7.11 Å².